The van der Waals surface area contributed by atoms with Gasteiger partial charge in [0.15, 0.2) is 5.82 Å². The zero-order valence-electron chi connectivity index (χ0n) is 16.2. The van der Waals surface area contributed by atoms with Crippen molar-refractivity contribution in [2.75, 3.05) is 37.6 Å². The maximum absolute atomic E-state index is 12.2. The number of hydrogen-bond donors (Lipinski definition) is 1. The van der Waals surface area contributed by atoms with Crippen LogP contribution < -0.4 is 10.2 Å². The van der Waals surface area contributed by atoms with E-state index in [9.17, 15) is 4.79 Å². The molecule has 0 saturated carbocycles. The topological polar surface area (TPSA) is 79.2 Å². The Hall–Kier alpha value is -2.38. The van der Waals surface area contributed by atoms with Crippen LogP contribution in [0.4, 0.5) is 10.6 Å². The number of nitrogens with one attached hydrogen (secondary N) is 1. The van der Waals surface area contributed by atoms with Crippen LogP contribution in [0.25, 0.3) is 11.0 Å². The van der Waals surface area contributed by atoms with E-state index in [2.05, 4.69) is 34.1 Å². The second-order valence-corrected chi connectivity index (χ2v) is 6.78. The summed E-state index contributed by atoms with van der Waals surface area (Å²) in [6, 6.07) is 0.0385. The lowest BCUT2D eigenvalue weighted by Crippen LogP contribution is -2.52. The first-order chi connectivity index (χ1) is 12.5. The summed E-state index contributed by atoms with van der Waals surface area (Å²) in [4.78, 5) is 25.8. The van der Waals surface area contributed by atoms with Crippen LogP contribution in [0.15, 0.2) is 0 Å². The zero-order chi connectivity index (χ0) is 18.7. The van der Waals surface area contributed by atoms with Crippen LogP contribution in [-0.2, 0) is 13.5 Å². The summed E-state index contributed by atoms with van der Waals surface area (Å²) in [6.07, 6.45) is 2.89. The number of aromatic nitrogens is 4. The maximum atomic E-state index is 12.2. The third-order valence-electron chi connectivity index (χ3n) is 4.87. The molecule has 2 aromatic rings. The van der Waals surface area contributed by atoms with Crippen molar-refractivity contribution >= 4 is 22.9 Å². The minimum Gasteiger partial charge on any atom is -0.351 e. The number of hydrogen-bond acceptors (Lipinski definition) is 5. The SMILES string of the molecule is CCCCNC(=O)N1CCN(c2nc(CC)nc3c(C)nn(C)c23)CC1. The summed E-state index contributed by atoms with van der Waals surface area (Å²) in [5, 5.41) is 7.52. The molecule has 3 rings (SSSR count). The number of carbonyl (C=O) groups excluding carboxylic acids is 1. The number of unbranched alkanes of at least 4 members (excludes halogenated alkanes) is 1. The number of anilines is 1. The quantitative estimate of drug-likeness (QED) is 0.825. The Balaban J connectivity index is 1.76. The number of piperazine rings is 1. The first-order valence-electron chi connectivity index (χ1n) is 9.53. The lowest BCUT2D eigenvalue weighted by Gasteiger charge is -2.35. The second kappa shape index (κ2) is 7.88. The fraction of sp³-hybridized carbons (Fsp3) is 0.667. The predicted octanol–water partition coefficient (Wildman–Crippen LogP) is 1.87. The van der Waals surface area contributed by atoms with Gasteiger partial charge in [0, 0.05) is 46.2 Å². The smallest absolute Gasteiger partial charge is 0.317 e. The average molecular weight is 359 g/mol. The fourth-order valence-corrected chi connectivity index (χ4v) is 3.34. The normalized spacial score (nSPS) is 14.9. The number of nitrogens with zero attached hydrogens (tertiary/aromatic N) is 6. The molecule has 0 bridgehead atoms. The minimum atomic E-state index is 0.0385. The van der Waals surface area contributed by atoms with Gasteiger partial charge in [0.2, 0.25) is 0 Å². The highest BCUT2D eigenvalue weighted by molar-refractivity contribution is 5.88. The Labute approximate surface area is 154 Å². The lowest BCUT2D eigenvalue weighted by atomic mass is 10.2. The van der Waals surface area contributed by atoms with Gasteiger partial charge in [0.1, 0.15) is 16.9 Å². The standard InChI is InChI=1S/C18H29N7O/c1-5-7-8-19-18(26)25-11-9-24(10-12-25)17-16-15(13(3)22-23(16)4)20-14(6-2)21-17/h5-12H2,1-4H3,(H,19,26). The van der Waals surface area contributed by atoms with Crippen LogP contribution in [0.5, 0.6) is 0 Å². The first kappa shape index (κ1) is 18.4. The summed E-state index contributed by atoms with van der Waals surface area (Å²) in [5.74, 6) is 1.77. The number of carbonyl (C=O) groups is 1. The molecule has 0 aliphatic carbocycles. The van der Waals surface area contributed by atoms with Crippen LogP contribution in [-0.4, -0.2) is 63.4 Å². The largest absolute Gasteiger partial charge is 0.351 e. The number of amides is 2. The number of fused-ring (bicyclic) bond motifs is 1. The Bertz CT molecular complexity index is 777. The van der Waals surface area contributed by atoms with Gasteiger partial charge in [-0.05, 0) is 13.3 Å². The first-order valence-corrected chi connectivity index (χ1v) is 9.53. The molecule has 1 N–H and O–H groups in total. The van der Waals surface area contributed by atoms with E-state index in [0.29, 0.717) is 13.1 Å². The van der Waals surface area contributed by atoms with Gasteiger partial charge in [0.05, 0.1) is 5.69 Å². The second-order valence-electron chi connectivity index (χ2n) is 6.78. The van der Waals surface area contributed by atoms with Crippen molar-refractivity contribution in [3.05, 3.63) is 11.5 Å². The number of aryl methyl sites for hydroxylation is 3. The molecule has 8 heteroatoms. The Morgan fingerprint density at radius 2 is 1.88 bits per heavy atom. The number of urea groups is 1. The monoisotopic (exact) mass is 359 g/mol. The minimum absolute atomic E-state index is 0.0385. The zero-order valence-corrected chi connectivity index (χ0v) is 16.2. The van der Waals surface area contributed by atoms with E-state index in [1.165, 1.54) is 0 Å². The molecule has 0 unspecified atom stereocenters. The maximum Gasteiger partial charge on any atom is 0.317 e. The summed E-state index contributed by atoms with van der Waals surface area (Å²) < 4.78 is 1.86. The highest BCUT2D eigenvalue weighted by atomic mass is 16.2. The number of rotatable bonds is 5. The molecule has 1 aliphatic heterocycles. The highest BCUT2D eigenvalue weighted by Crippen LogP contribution is 2.26. The molecule has 2 aromatic heterocycles. The molecule has 2 amide bonds. The van der Waals surface area contributed by atoms with Crippen molar-refractivity contribution in [1.29, 1.82) is 0 Å². The lowest BCUT2D eigenvalue weighted by molar-refractivity contribution is 0.194. The van der Waals surface area contributed by atoms with Crippen molar-refractivity contribution in [3.63, 3.8) is 0 Å². The molecular formula is C18H29N7O. The van der Waals surface area contributed by atoms with Crippen molar-refractivity contribution in [1.82, 2.24) is 30.0 Å². The summed E-state index contributed by atoms with van der Waals surface area (Å²) in [6.45, 7) is 9.84. The van der Waals surface area contributed by atoms with Crippen LogP contribution in [0.3, 0.4) is 0 Å². The highest BCUT2D eigenvalue weighted by Gasteiger charge is 2.25. The van der Waals surface area contributed by atoms with E-state index < -0.39 is 0 Å². The van der Waals surface area contributed by atoms with E-state index >= 15 is 0 Å². The van der Waals surface area contributed by atoms with Gasteiger partial charge in [-0.1, -0.05) is 20.3 Å². The molecule has 3 heterocycles. The molecule has 0 aromatic carbocycles. The summed E-state index contributed by atoms with van der Waals surface area (Å²) >= 11 is 0. The molecular weight excluding hydrogens is 330 g/mol. The van der Waals surface area contributed by atoms with E-state index in [-0.39, 0.29) is 6.03 Å². The third kappa shape index (κ3) is 3.59. The predicted molar refractivity (Wildman–Crippen MR) is 103 cm³/mol. The summed E-state index contributed by atoms with van der Waals surface area (Å²) in [7, 11) is 1.94. The molecule has 0 radical (unpaired) electrons. The van der Waals surface area contributed by atoms with Gasteiger partial charge in [0.25, 0.3) is 0 Å². The molecule has 26 heavy (non-hydrogen) atoms. The summed E-state index contributed by atoms with van der Waals surface area (Å²) in [5.41, 5.74) is 2.82. The van der Waals surface area contributed by atoms with Crippen molar-refractivity contribution in [2.24, 2.45) is 7.05 Å². The Morgan fingerprint density at radius 3 is 2.54 bits per heavy atom. The molecule has 0 spiro atoms. The van der Waals surface area contributed by atoms with Crippen molar-refractivity contribution in [2.45, 2.75) is 40.0 Å². The molecule has 1 aliphatic rings. The van der Waals surface area contributed by atoms with Gasteiger partial charge in [-0.25, -0.2) is 14.8 Å². The van der Waals surface area contributed by atoms with Gasteiger partial charge in [-0.15, -0.1) is 0 Å². The van der Waals surface area contributed by atoms with Crippen LogP contribution in [0.1, 0.15) is 38.2 Å². The van der Waals surface area contributed by atoms with Gasteiger partial charge in [-0.2, -0.15) is 5.10 Å². The van der Waals surface area contributed by atoms with E-state index in [1.54, 1.807) is 0 Å². The van der Waals surface area contributed by atoms with Crippen molar-refractivity contribution < 1.29 is 4.79 Å². The fourth-order valence-electron chi connectivity index (χ4n) is 3.34. The van der Waals surface area contributed by atoms with Crippen LogP contribution in [0.2, 0.25) is 0 Å². The van der Waals surface area contributed by atoms with Gasteiger partial charge < -0.3 is 15.1 Å². The molecule has 1 saturated heterocycles. The van der Waals surface area contributed by atoms with Gasteiger partial charge >= 0.3 is 6.03 Å². The molecule has 142 valence electrons. The van der Waals surface area contributed by atoms with E-state index in [4.69, 9.17) is 4.98 Å². The van der Waals surface area contributed by atoms with Gasteiger partial charge in [-0.3, -0.25) is 4.68 Å². The van der Waals surface area contributed by atoms with Crippen LogP contribution >= 0.6 is 0 Å². The molecule has 0 atom stereocenters. The van der Waals surface area contributed by atoms with E-state index in [1.807, 2.05) is 23.6 Å². The van der Waals surface area contributed by atoms with E-state index in [0.717, 1.165) is 67.3 Å². The van der Waals surface area contributed by atoms with Crippen LogP contribution in [0, 0.1) is 6.92 Å². The molecule has 1 fully saturated rings. The third-order valence-corrected chi connectivity index (χ3v) is 4.87. The Kier molecular flexibility index (Phi) is 5.58. The molecule has 8 nitrogen and oxygen atoms in total. The van der Waals surface area contributed by atoms with Crippen molar-refractivity contribution in [3.8, 4) is 0 Å². The Morgan fingerprint density at radius 1 is 1.15 bits per heavy atom. The average Bonchev–Trinajstić information content (AvgIpc) is 2.95.